The molecule has 40 heavy (non-hydrogen) atoms. The van der Waals surface area contributed by atoms with Gasteiger partial charge in [0, 0.05) is 22.6 Å². The van der Waals surface area contributed by atoms with Crippen molar-refractivity contribution in [2.45, 2.75) is 57.2 Å². The lowest BCUT2D eigenvalue weighted by molar-refractivity contribution is -0.134. The average Bonchev–Trinajstić information content (AvgIpc) is 3.65. The van der Waals surface area contributed by atoms with Crippen molar-refractivity contribution in [3.63, 3.8) is 0 Å². The van der Waals surface area contributed by atoms with E-state index >= 15 is 0 Å². The Hall–Kier alpha value is -2.77. The van der Waals surface area contributed by atoms with Crippen LogP contribution in [0.2, 0.25) is 15.1 Å². The van der Waals surface area contributed by atoms with Gasteiger partial charge in [-0.15, -0.1) is 0 Å². The molecule has 6 rings (SSSR count). The zero-order valence-corrected chi connectivity index (χ0v) is 24.1. The first-order valence-corrected chi connectivity index (χ1v) is 14.4. The van der Waals surface area contributed by atoms with Gasteiger partial charge in [-0.3, -0.25) is 0 Å². The van der Waals surface area contributed by atoms with Crippen LogP contribution in [0, 0.1) is 11.3 Å². The van der Waals surface area contributed by atoms with E-state index in [-0.39, 0.29) is 17.9 Å². The second-order valence-electron chi connectivity index (χ2n) is 11.4. The van der Waals surface area contributed by atoms with Gasteiger partial charge in [0.2, 0.25) is 0 Å². The van der Waals surface area contributed by atoms with E-state index in [1.807, 2.05) is 13.0 Å². The molecule has 2 N–H and O–H groups in total. The lowest BCUT2D eigenvalue weighted by Crippen LogP contribution is -2.48. The van der Waals surface area contributed by atoms with Crippen LogP contribution < -0.4 is 4.74 Å². The number of aliphatic carboxylic acids is 1. The molecule has 3 aromatic rings. The average molecular weight is 601 g/mol. The predicted octanol–water partition coefficient (Wildman–Crippen LogP) is 8.33. The van der Waals surface area contributed by atoms with Gasteiger partial charge in [0.15, 0.2) is 0 Å². The highest BCUT2D eigenvalue weighted by Crippen LogP contribution is 2.57. The summed E-state index contributed by atoms with van der Waals surface area (Å²) in [6, 6.07) is 10.6. The lowest BCUT2D eigenvalue weighted by atomic mass is 9.55. The summed E-state index contributed by atoms with van der Waals surface area (Å²) < 4.78 is 11.9. The van der Waals surface area contributed by atoms with E-state index < -0.39 is 11.6 Å². The first kappa shape index (κ1) is 27.4. The van der Waals surface area contributed by atoms with Gasteiger partial charge in [-0.05, 0) is 67.7 Å². The van der Waals surface area contributed by atoms with Crippen molar-refractivity contribution in [1.82, 2.24) is 5.16 Å². The second-order valence-corrected chi connectivity index (χ2v) is 12.6. The number of aliphatic hydroxyl groups is 1. The fourth-order valence-corrected chi connectivity index (χ4v) is 6.87. The minimum atomic E-state index is -1.08. The van der Waals surface area contributed by atoms with Gasteiger partial charge < -0.3 is 19.5 Å². The van der Waals surface area contributed by atoms with Crippen LogP contribution >= 0.6 is 34.8 Å². The highest BCUT2D eigenvalue weighted by atomic mass is 35.5. The SMILES string of the molecule is CC1([C@H]2C[C@](O)(c3ccc(OCc4c(-c5c(Cl)cccc5Cl)noc4C4CC4)cc3Cl)C2)C=CC=C(C(=O)O)C1. The molecule has 0 radical (unpaired) electrons. The van der Waals surface area contributed by atoms with Crippen molar-refractivity contribution >= 4 is 40.8 Å². The Morgan fingerprint density at radius 3 is 2.50 bits per heavy atom. The van der Waals surface area contributed by atoms with Crippen molar-refractivity contribution < 1.29 is 24.3 Å². The Balaban J connectivity index is 1.18. The number of hydrogen-bond donors (Lipinski definition) is 2. The molecular formula is C31H28Cl3NO5. The van der Waals surface area contributed by atoms with Crippen molar-refractivity contribution in [2.24, 2.45) is 11.3 Å². The number of nitrogens with zero attached hydrogens (tertiary/aromatic N) is 1. The maximum atomic E-state index is 11.5. The molecule has 1 atom stereocenters. The standard InChI is InChI=1S/C31H28Cl3NO5/c1-30(11-3-4-18(13-30)29(36)37)19-14-31(38,15-19)22-10-9-20(12-25(22)34)39-16-21-27(35-40-28(21)17-7-8-17)26-23(32)5-2-6-24(26)33/h2-6,9-12,17,19,38H,7-8,13-16H2,1H3,(H,36,37)/t19-,30?,31+. The van der Waals surface area contributed by atoms with Crippen LogP contribution in [0.3, 0.4) is 0 Å². The Bertz CT molecular complexity index is 1530. The third-order valence-corrected chi connectivity index (χ3v) is 9.46. The number of allylic oxidation sites excluding steroid dienone is 3. The van der Waals surface area contributed by atoms with E-state index in [0.717, 1.165) is 24.2 Å². The molecule has 3 aliphatic rings. The minimum absolute atomic E-state index is 0.133. The summed E-state index contributed by atoms with van der Waals surface area (Å²) in [6.07, 6.45) is 8.98. The summed E-state index contributed by atoms with van der Waals surface area (Å²) in [5, 5.41) is 26.5. The van der Waals surface area contributed by atoms with Crippen LogP contribution in [0.5, 0.6) is 5.75 Å². The maximum Gasteiger partial charge on any atom is 0.331 e. The molecule has 1 aromatic heterocycles. The first-order chi connectivity index (χ1) is 19.1. The summed E-state index contributed by atoms with van der Waals surface area (Å²) in [5.74, 6) is 0.867. The molecule has 208 valence electrons. The quantitative estimate of drug-likeness (QED) is 0.270. The van der Waals surface area contributed by atoms with Gasteiger partial charge in [-0.1, -0.05) is 77.2 Å². The Kier molecular flexibility index (Phi) is 7.02. The zero-order chi connectivity index (χ0) is 28.2. The number of carboxylic acids is 1. The van der Waals surface area contributed by atoms with Crippen LogP contribution in [0.1, 0.15) is 61.8 Å². The van der Waals surface area contributed by atoms with Crippen LogP contribution in [-0.2, 0) is 17.0 Å². The van der Waals surface area contributed by atoms with Crippen molar-refractivity contribution in [2.75, 3.05) is 0 Å². The summed E-state index contributed by atoms with van der Waals surface area (Å²) >= 11 is 19.6. The Labute approximate surface area is 247 Å². The largest absolute Gasteiger partial charge is 0.489 e. The van der Waals surface area contributed by atoms with Gasteiger partial charge in [-0.25, -0.2) is 4.79 Å². The number of carboxylic acid groups (broad SMARTS) is 1. The van der Waals surface area contributed by atoms with Crippen LogP contribution in [0.4, 0.5) is 0 Å². The zero-order valence-electron chi connectivity index (χ0n) is 21.8. The molecule has 0 amide bonds. The second kappa shape index (κ2) is 10.3. The van der Waals surface area contributed by atoms with E-state index in [1.165, 1.54) is 0 Å². The molecule has 1 unspecified atom stereocenters. The number of halogens is 3. The van der Waals surface area contributed by atoms with E-state index in [9.17, 15) is 15.0 Å². The predicted molar refractivity (Wildman–Crippen MR) is 154 cm³/mol. The summed E-state index contributed by atoms with van der Waals surface area (Å²) in [5.41, 5.74) is 1.61. The number of benzene rings is 2. The maximum absolute atomic E-state index is 11.5. The Morgan fingerprint density at radius 1 is 1.12 bits per heavy atom. The van der Waals surface area contributed by atoms with Gasteiger partial charge in [-0.2, -0.15) is 0 Å². The molecule has 0 aliphatic heterocycles. The molecule has 0 bridgehead atoms. The summed E-state index contributed by atoms with van der Waals surface area (Å²) in [7, 11) is 0. The van der Waals surface area contributed by atoms with Gasteiger partial charge in [0.05, 0.1) is 26.2 Å². The van der Waals surface area contributed by atoms with Crippen molar-refractivity contribution in [3.05, 3.63) is 92.2 Å². The normalized spacial score (nSPS) is 25.8. The molecule has 2 fully saturated rings. The molecule has 0 spiro atoms. The summed E-state index contributed by atoms with van der Waals surface area (Å²) in [6.45, 7) is 2.24. The van der Waals surface area contributed by atoms with Crippen LogP contribution in [-0.4, -0.2) is 21.3 Å². The Morgan fingerprint density at radius 2 is 1.85 bits per heavy atom. The van der Waals surface area contributed by atoms with Crippen molar-refractivity contribution in [3.8, 4) is 17.0 Å². The van der Waals surface area contributed by atoms with Gasteiger partial charge >= 0.3 is 5.97 Å². The highest BCUT2D eigenvalue weighted by Gasteiger charge is 2.52. The van der Waals surface area contributed by atoms with Crippen molar-refractivity contribution in [1.29, 1.82) is 0 Å². The van der Waals surface area contributed by atoms with Crippen LogP contribution in [0.25, 0.3) is 11.3 Å². The van der Waals surface area contributed by atoms with Gasteiger partial charge in [0.1, 0.15) is 23.8 Å². The topological polar surface area (TPSA) is 92.8 Å². The molecule has 2 aromatic carbocycles. The number of hydrogen-bond acceptors (Lipinski definition) is 5. The van der Waals surface area contributed by atoms with E-state index in [2.05, 4.69) is 5.16 Å². The molecule has 3 aliphatic carbocycles. The molecular weight excluding hydrogens is 573 g/mol. The molecule has 2 saturated carbocycles. The van der Waals surface area contributed by atoms with E-state index in [4.69, 9.17) is 44.1 Å². The monoisotopic (exact) mass is 599 g/mol. The minimum Gasteiger partial charge on any atom is -0.489 e. The number of rotatable bonds is 8. The fourth-order valence-electron chi connectivity index (χ4n) is 5.95. The molecule has 0 saturated heterocycles. The third-order valence-electron chi connectivity index (χ3n) is 8.51. The fraction of sp³-hybridized carbons (Fsp3) is 0.355. The van der Waals surface area contributed by atoms with Gasteiger partial charge in [0.25, 0.3) is 0 Å². The highest BCUT2D eigenvalue weighted by molar-refractivity contribution is 6.39. The molecule has 6 nitrogen and oxygen atoms in total. The smallest absolute Gasteiger partial charge is 0.331 e. The number of ether oxygens (including phenoxy) is 1. The number of carbonyl (C=O) groups is 1. The number of aromatic nitrogens is 1. The van der Waals surface area contributed by atoms with Crippen LogP contribution in [0.15, 0.2) is 64.7 Å². The molecule has 9 heteroatoms. The van der Waals surface area contributed by atoms with E-state index in [1.54, 1.807) is 48.6 Å². The first-order valence-electron chi connectivity index (χ1n) is 13.3. The van der Waals surface area contributed by atoms with E-state index in [0.29, 0.717) is 68.4 Å². The lowest BCUT2D eigenvalue weighted by Gasteiger charge is -2.52. The summed E-state index contributed by atoms with van der Waals surface area (Å²) in [4.78, 5) is 11.5. The molecule has 1 heterocycles. The third kappa shape index (κ3) is 4.96.